The number of thioether (sulfide) groups is 1. The molecule has 3 nitrogen and oxygen atoms in total. The minimum absolute atomic E-state index is 0.710. The predicted molar refractivity (Wildman–Crippen MR) is 88.9 cm³/mol. The molecule has 1 N–H and O–H groups in total. The molecule has 110 valence electrons. The predicted octanol–water partition coefficient (Wildman–Crippen LogP) is 4.80. The summed E-state index contributed by atoms with van der Waals surface area (Å²) in [5, 5.41) is 12.5. The van der Waals surface area contributed by atoms with Crippen molar-refractivity contribution in [1.29, 1.82) is 0 Å². The molecule has 2 aromatic rings. The van der Waals surface area contributed by atoms with Crippen LogP contribution in [0.4, 0.5) is 0 Å². The average molecular weight is 301 g/mol. The Morgan fingerprint density at radius 3 is 2.33 bits per heavy atom. The van der Waals surface area contributed by atoms with Crippen molar-refractivity contribution in [3.63, 3.8) is 0 Å². The third kappa shape index (κ3) is 4.83. The molecular formula is C17H19NO2S. The highest BCUT2D eigenvalue weighted by molar-refractivity contribution is 7.99. The highest BCUT2D eigenvalue weighted by Gasteiger charge is 2.05. The van der Waals surface area contributed by atoms with E-state index in [4.69, 9.17) is 9.94 Å². The van der Waals surface area contributed by atoms with E-state index in [0.717, 1.165) is 35.0 Å². The molecule has 0 heterocycles. The smallest absolute Gasteiger partial charge is 0.127 e. The van der Waals surface area contributed by atoms with Gasteiger partial charge in [-0.1, -0.05) is 30.3 Å². The Morgan fingerprint density at radius 1 is 1.05 bits per heavy atom. The number of para-hydroxylation sites is 1. The number of benzene rings is 2. The summed E-state index contributed by atoms with van der Waals surface area (Å²) < 4.78 is 5.74. The van der Waals surface area contributed by atoms with E-state index in [1.165, 1.54) is 0 Å². The van der Waals surface area contributed by atoms with Crippen molar-refractivity contribution in [2.24, 2.45) is 5.16 Å². The molecule has 2 rings (SSSR count). The van der Waals surface area contributed by atoms with Crippen LogP contribution in [0.1, 0.15) is 18.9 Å². The van der Waals surface area contributed by atoms with E-state index < -0.39 is 0 Å². The van der Waals surface area contributed by atoms with Gasteiger partial charge in [0.1, 0.15) is 11.5 Å². The molecule has 0 unspecified atom stereocenters. The van der Waals surface area contributed by atoms with Crippen LogP contribution in [0.5, 0.6) is 11.5 Å². The van der Waals surface area contributed by atoms with Crippen molar-refractivity contribution in [3.8, 4) is 11.5 Å². The van der Waals surface area contributed by atoms with Crippen LogP contribution in [-0.4, -0.2) is 22.4 Å². The van der Waals surface area contributed by atoms with Crippen molar-refractivity contribution in [2.75, 3.05) is 11.5 Å². The van der Waals surface area contributed by atoms with Crippen molar-refractivity contribution in [2.45, 2.75) is 13.3 Å². The number of hydrogen-bond acceptors (Lipinski definition) is 4. The summed E-state index contributed by atoms with van der Waals surface area (Å²) in [5.41, 5.74) is 1.64. The molecule has 21 heavy (non-hydrogen) atoms. The maximum absolute atomic E-state index is 9.13. The van der Waals surface area contributed by atoms with E-state index >= 15 is 0 Å². The lowest BCUT2D eigenvalue weighted by Crippen LogP contribution is -2.02. The molecule has 0 saturated heterocycles. The second-order valence-electron chi connectivity index (χ2n) is 4.43. The minimum Gasteiger partial charge on any atom is -0.457 e. The Balaban J connectivity index is 2.01. The van der Waals surface area contributed by atoms with Gasteiger partial charge in [-0.05, 0) is 53.5 Å². The zero-order valence-corrected chi connectivity index (χ0v) is 12.8. The Labute approximate surface area is 129 Å². The molecule has 0 amide bonds. The highest BCUT2D eigenvalue weighted by atomic mass is 32.2. The molecule has 0 aliphatic heterocycles. The van der Waals surface area contributed by atoms with Crippen molar-refractivity contribution < 1.29 is 9.94 Å². The van der Waals surface area contributed by atoms with Crippen LogP contribution in [0, 0.1) is 0 Å². The second kappa shape index (κ2) is 8.37. The Hall–Kier alpha value is -1.94. The lowest BCUT2D eigenvalue weighted by atomic mass is 10.1. The van der Waals surface area contributed by atoms with E-state index in [1.807, 2.05) is 66.4 Å². The molecule has 2 aromatic carbocycles. The lowest BCUT2D eigenvalue weighted by molar-refractivity contribution is 0.318. The molecule has 0 bridgehead atoms. The number of rotatable bonds is 7. The average Bonchev–Trinajstić information content (AvgIpc) is 2.54. The maximum atomic E-state index is 9.13. The monoisotopic (exact) mass is 301 g/mol. The molecular weight excluding hydrogens is 282 g/mol. The second-order valence-corrected chi connectivity index (χ2v) is 5.83. The lowest BCUT2D eigenvalue weighted by Gasteiger charge is -2.08. The first-order chi connectivity index (χ1) is 10.3. The van der Waals surface area contributed by atoms with E-state index in [0.29, 0.717) is 5.71 Å². The van der Waals surface area contributed by atoms with Gasteiger partial charge in [-0.2, -0.15) is 11.8 Å². The number of oxime groups is 1. The third-order valence-electron chi connectivity index (χ3n) is 2.97. The zero-order valence-electron chi connectivity index (χ0n) is 12.0. The Kier molecular flexibility index (Phi) is 6.16. The van der Waals surface area contributed by atoms with Gasteiger partial charge in [0, 0.05) is 6.42 Å². The van der Waals surface area contributed by atoms with Gasteiger partial charge in [0.15, 0.2) is 0 Å². The van der Waals surface area contributed by atoms with Crippen molar-refractivity contribution >= 4 is 17.5 Å². The van der Waals surface area contributed by atoms with Crippen LogP contribution in [0.15, 0.2) is 59.8 Å². The molecule has 0 saturated carbocycles. The fourth-order valence-corrected chi connectivity index (χ4v) is 2.53. The molecule has 0 fully saturated rings. The normalized spacial score (nSPS) is 11.4. The van der Waals surface area contributed by atoms with Crippen LogP contribution in [0.2, 0.25) is 0 Å². The number of ether oxygens (including phenoxy) is 1. The first-order valence-corrected chi connectivity index (χ1v) is 8.11. The quantitative estimate of drug-likeness (QED) is 0.346. The maximum Gasteiger partial charge on any atom is 0.127 e. The number of hydrogen-bond donors (Lipinski definition) is 1. The summed E-state index contributed by atoms with van der Waals surface area (Å²) in [6.07, 6.45) is 0.758. The van der Waals surface area contributed by atoms with Crippen LogP contribution in [-0.2, 0) is 0 Å². The third-order valence-corrected chi connectivity index (χ3v) is 3.88. The standard InChI is InChI=1S/C17H19NO2S/c1-2-21-13-12-17(18-19)14-8-10-16(11-9-14)20-15-6-4-3-5-7-15/h3-11,19H,2,12-13H2,1H3/b18-17+. The highest BCUT2D eigenvalue weighted by Crippen LogP contribution is 2.21. The van der Waals surface area contributed by atoms with Gasteiger partial charge in [0.25, 0.3) is 0 Å². The van der Waals surface area contributed by atoms with E-state index in [2.05, 4.69) is 12.1 Å². The fourth-order valence-electron chi connectivity index (χ4n) is 1.91. The van der Waals surface area contributed by atoms with Gasteiger partial charge in [0.2, 0.25) is 0 Å². The van der Waals surface area contributed by atoms with E-state index in [1.54, 1.807) is 0 Å². The molecule has 0 spiro atoms. The summed E-state index contributed by atoms with van der Waals surface area (Å²) in [7, 11) is 0. The van der Waals surface area contributed by atoms with Crippen LogP contribution in [0.3, 0.4) is 0 Å². The number of nitrogens with zero attached hydrogens (tertiary/aromatic N) is 1. The summed E-state index contributed by atoms with van der Waals surface area (Å²) in [5.74, 6) is 3.60. The molecule has 0 aliphatic carbocycles. The van der Waals surface area contributed by atoms with Crippen LogP contribution in [0.25, 0.3) is 0 Å². The van der Waals surface area contributed by atoms with Gasteiger partial charge in [-0.3, -0.25) is 0 Å². The van der Waals surface area contributed by atoms with Crippen LogP contribution < -0.4 is 4.74 Å². The summed E-state index contributed by atoms with van der Waals surface area (Å²) in [4.78, 5) is 0. The first kappa shape index (κ1) is 15.4. The SMILES string of the molecule is CCSCC/C(=N\O)c1ccc(Oc2ccccc2)cc1. The minimum atomic E-state index is 0.710. The molecule has 0 aromatic heterocycles. The molecule has 0 atom stereocenters. The summed E-state index contributed by atoms with van der Waals surface area (Å²) >= 11 is 1.83. The summed E-state index contributed by atoms with van der Waals surface area (Å²) in [6.45, 7) is 2.12. The van der Waals surface area contributed by atoms with Gasteiger partial charge in [-0.25, -0.2) is 0 Å². The Bertz CT molecular complexity index is 567. The van der Waals surface area contributed by atoms with Gasteiger partial charge in [0.05, 0.1) is 5.71 Å². The van der Waals surface area contributed by atoms with Gasteiger partial charge >= 0.3 is 0 Å². The van der Waals surface area contributed by atoms with Gasteiger partial charge < -0.3 is 9.94 Å². The van der Waals surface area contributed by atoms with Crippen LogP contribution >= 0.6 is 11.8 Å². The Morgan fingerprint density at radius 2 is 1.71 bits per heavy atom. The zero-order chi connectivity index (χ0) is 14.9. The molecule has 0 aliphatic rings. The summed E-state index contributed by atoms with van der Waals surface area (Å²) in [6, 6.07) is 17.3. The first-order valence-electron chi connectivity index (χ1n) is 6.95. The fraction of sp³-hybridized carbons (Fsp3) is 0.235. The molecule has 4 heteroatoms. The van der Waals surface area contributed by atoms with Crippen molar-refractivity contribution in [1.82, 2.24) is 0 Å². The largest absolute Gasteiger partial charge is 0.457 e. The molecule has 0 radical (unpaired) electrons. The van der Waals surface area contributed by atoms with E-state index in [9.17, 15) is 0 Å². The van der Waals surface area contributed by atoms with Gasteiger partial charge in [-0.15, -0.1) is 0 Å². The van der Waals surface area contributed by atoms with E-state index in [-0.39, 0.29) is 0 Å². The van der Waals surface area contributed by atoms with Crippen molar-refractivity contribution in [3.05, 3.63) is 60.2 Å². The topological polar surface area (TPSA) is 41.8 Å².